The zero-order valence-electron chi connectivity index (χ0n) is 13.8. The molecule has 1 aromatic heterocycles. The molecule has 0 radical (unpaired) electrons. The number of rotatable bonds is 4. The third kappa shape index (κ3) is 5.02. The summed E-state index contributed by atoms with van der Waals surface area (Å²) in [5.74, 6) is -0.0886. The molecule has 0 unspecified atom stereocenters. The molecule has 0 aliphatic carbocycles. The molecule has 27 heavy (non-hydrogen) atoms. The number of anilines is 2. The zero-order valence-corrected chi connectivity index (χ0v) is 15.4. The molecule has 9 heteroatoms. The largest absolute Gasteiger partial charge is 0.424 e. The Hall–Kier alpha value is -3.46. The van der Waals surface area contributed by atoms with Crippen LogP contribution in [0.2, 0.25) is 0 Å². The van der Waals surface area contributed by atoms with E-state index in [9.17, 15) is 9.59 Å². The molecule has 0 bridgehead atoms. The molecule has 0 aliphatic heterocycles. The molecule has 3 amide bonds. The average molecular weight is 428 g/mol. The van der Waals surface area contributed by atoms with Gasteiger partial charge in [0, 0.05) is 23.8 Å². The number of carbonyl (C=O) groups excluding carboxylic acids is 2. The standard InChI is InChI=1S/C18H14BrN5O3/c19-11-9-21-18(22-10-11)27-13-7-5-12(6-8-13)23-17(26)24-16(25)14-3-1-2-4-15(14)20/h1-10H,20H2,(H2,23,24,25,26). The Bertz CT molecular complexity index is 961. The van der Waals surface area contributed by atoms with Crippen molar-refractivity contribution in [2.24, 2.45) is 0 Å². The predicted molar refractivity (Wildman–Crippen MR) is 104 cm³/mol. The second-order valence-corrected chi connectivity index (χ2v) is 6.22. The first-order valence-electron chi connectivity index (χ1n) is 7.73. The van der Waals surface area contributed by atoms with E-state index in [1.165, 1.54) is 6.07 Å². The van der Waals surface area contributed by atoms with E-state index in [1.807, 2.05) is 0 Å². The second kappa shape index (κ2) is 8.28. The highest BCUT2D eigenvalue weighted by Crippen LogP contribution is 2.20. The van der Waals surface area contributed by atoms with Gasteiger partial charge in [-0.05, 0) is 52.3 Å². The quantitative estimate of drug-likeness (QED) is 0.547. The molecule has 0 atom stereocenters. The van der Waals surface area contributed by atoms with E-state index in [4.69, 9.17) is 10.5 Å². The van der Waals surface area contributed by atoms with Gasteiger partial charge in [-0.2, -0.15) is 0 Å². The average Bonchev–Trinajstić information content (AvgIpc) is 2.65. The molecule has 2 aromatic carbocycles. The van der Waals surface area contributed by atoms with Crippen molar-refractivity contribution in [3.8, 4) is 11.8 Å². The SMILES string of the molecule is Nc1ccccc1C(=O)NC(=O)Nc1ccc(Oc2ncc(Br)cn2)cc1. The van der Waals surface area contributed by atoms with Crippen molar-refractivity contribution in [2.75, 3.05) is 11.1 Å². The molecular weight excluding hydrogens is 414 g/mol. The lowest BCUT2D eigenvalue weighted by Crippen LogP contribution is -2.34. The molecule has 0 saturated heterocycles. The van der Waals surface area contributed by atoms with Crippen molar-refractivity contribution in [3.63, 3.8) is 0 Å². The third-order valence-electron chi connectivity index (χ3n) is 3.35. The van der Waals surface area contributed by atoms with Gasteiger partial charge >= 0.3 is 12.0 Å². The lowest BCUT2D eigenvalue weighted by Gasteiger charge is -2.09. The lowest BCUT2D eigenvalue weighted by atomic mass is 10.2. The fourth-order valence-electron chi connectivity index (χ4n) is 2.10. The number of aromatic nitrogens is 2. The van der Waals surface area contributed by atoms with Crippen LogP contribution in [0.5, 0.6) is 11.8 Å². The molecule has 1 heterocycles. The minimum atomic E-state index is -0.673. The van der Waals surface area contributed by atoms with Gasteiger partial charge in [-0.1, -0.05) is 12.1 Å². The van der Waals surface area contributed by atoms with E-state index in [-0.39, 0.29) is 11.6 Å². The molecule has 0 fully saturated rings. The van der Waals surface area contributed by atoms with Crippen LogP contribution in [0.15, 0.2) is 65.4 Å². The van der Waals surface area contributed by atoms with E-state index < -0.39 is 11.9 Å². The highest BCUT2D eigenvalue weighted by molar-refractivity contribution is 9.10. The van der Waals surface area contributed by atoms with E-state index in [2.05, 4.69) is 36.5 Å². The Kier molecular flexibility index (Phi) is 5.62. The zero-order chi connectivity index (χ0) is 19.2. The number of benzene rings is 2. The lowest BCUT2D eigenvalue weighted by molar-refractivity contribution is 0.0968. The number of hydrogen-bond acceptors (Lipinski definition) is 6. The Labute approximate surface area is 162 Å². The number of amides is 3. The van der Waals surface area contributed by atoms with Gasteiger partial charge in [0.25, 0.3) is 5.91 Å². The van der Waals surface area contributed by atoms with Crippen LogP contribution in [0, 0.1) is 0 Å². The first kappa shape index (κ1) is 18.3. The number of halogens is 1. The van der Waals surface area contributed by atoms with Gasteiger partial charge in [-0.15, -0.1) is 0 Å². The molecular formula is C18H14BrN5O3. The van der Waals surface area contributed by atoms with Crippen LogP contribution in [0.4, 0.5) is 16.2 Å². The summed E-state index contributed by atoms with van der Waals surface area (Å²) in [6, 6.07) is 12.5. The van der Waals surface area contributed by atoms with E-state index in [0.29, 0.717) is 17.1 Å². The summed E-state index contributed by atoms with van der Waals surface area (Å²) < 4.78 is 6.23. The van der Waals surface area contributed by atoms with Crippen molar-refractivity contribution in [1.29, 1.82) is 0 Å². The van der Waals surface area contributed by atoms with Crippen LogP contribution in [0.1, 0.15) is 10.4 Å². The number of ether oxygens (including phenoxy) is 1. The fourth-order valence-corrected chi connectivity index (χ4v) is 2.31. The van der Waals surface area contributed by atoms with Crippen molar-refractivity contribution in [1.82, 2.24) is 15.3 Å². The number of carbonyl (C=O) groups is 2. The Balaban J connectivity index is 1.57. The number of para-hydroxylation sites is 1. The van der Waals surface area contributed by atoms with Gasteiger partial charge in [-0.25, -0.2) is 14.8 Å². The number of nitrogens with one attached hydrogen (secondary N) is 2. The van der Waals surface area contributed by atoms with Gasteiger partial charge in [0.15, 0.2) is 0 Å². The van der Waals surface area contributed by atoms with Gasteiger partial charge in [0.05, 0.1) is 10.0 Å². The first-order chi connectivity index (χ1) is 13.0. The topological polar surface area (TPSA) is 119 Å². The first-order valence-corrected chi connectivity index (χ1v) is 8.53. The van der Waals surface area contributed by atoms with Crippen molar-refractivity contribution >= 4 is 39.2 Å². The summed E-state index contributed by atoms with van der Waals surface area (Å²) in [6.45, 7) is 0. The smallest absolute Gasteiger partial charge is 0.326 e. The molecule has 0 saturated carbocycles. The van der Waals surface area contributed by atoms with Crippen LogP contribution in [0.3, 0.4) is 0 Å². The number of imide groups is 1. The molecule has 0 aliphatic rings. The van der Waals surface area contributed by atoms with E-state index in [0.717, 1.165) is 4.47 Å². The highest BCUT2D eigenvalue weighted by atomic mass is 79.9. The Morgan fingerprint density at radius 1 is 1.00 bits per heavy atom. The fraction of sp³-hybridized carbons (Fsp3) is 0. The second-order valence-electron chi connectivity index (χ2n) is 5.31. The van der Waals surface area contributed by atoms with Gasteiger partial charge in [-0.3, -0.25) is 10.1 Å². The monoisotopic (exact) mass is 427 g/mol. The number of hydrogen-bond donors (Lipinski definition) is 3. The van der Waals surface area contributed by atoms with Gasteiger partial charge < -0.3 is 15.8 Å². The maximum Gasteiger partial charge on any atom is 0.326 e. The van der Waals surface area contributed by atoms with Crippen LogP contribution in [-0.2, 0) is 0 Å². The molecule has 0 spiro atoms. The number of nitrogen functional groups attached to an aromatic ring is 1. The summed E-state index contributed by atoms with van der Waals surface area (Å²) >= 11 is 3.24. The van der Waals surface area contributed by atoms with Gasteiger partial charge in [0.2, 0.25) is 0 Å². The van der Waals surface area contributed by atoms with Crippen LogP contribution >= 0.6 is 15.9 Å². The van der Waals surface area contributed by atoms with Crippen LogP contribution < -0.4 is 21.1 Å². The predicted octanol–water partition coefficient (Wildman–Crippen LogP) is 3.58. The number of urea groups is 1. The van der Waals surface area contributed by atoms with E-state index >= 15 is 0 Å². The molecule has 8 nitrogen and oxygen atoms in total. The van der Waals surface area contributed by atoms with Crippen LogP contribution in [0.25, 0.3) is 0 Å². The Morgan fingerprint density at radius 3 is 2.33 bits per heavy atom. The third-order valence-corrected chi connectivity index (χ3v) is 3.76. The van der Waals surface area contributed by atoms with Crippen molar-refractivity contribution in [2.45, 2.75) is 0 Å². The number of nitrogens with zero attached hydrogens (tertiary/aromatic N) is 2. The minimum absolute atomic E-state index is 0.197. The number of nitrogens with two attached hydrogens (primary N) is 1. The van der Waals surface area contributed by atoms with Crippen LogP contribution in [-0.4, -0.2) is 21.9 Å². The summed E-state index contributed by atoms with van der Waals surface area (Å²) in [7, 11) is 0. The summed E-state index contributed by atoms with van der Waals surface area (Å²) in [6.07, 6.45) is 3.14. The molecule has 136 valence electrons. The minimum Gasteiger partial charge on any atom is -0.424 e. The maximum absolute atomic E-state index is 12.1. The van der Waals surface area contributed by atoms with Gasteiger partial charge in [0.1, 0.15) is 5.75 Å². The van der Waals surface area contributed by atoms with E-state index in [1.54, 1.807) is 54.9 Å². The normalized spacial score (nSPS) is 10.1. The molecule has 3 aromatic rings. The Morgan fingerprint density at radius 2 is 1.67 bits per heavy atom. The molecule has 4 N–H and O–H groups in total. The van der Waals surface area contributed by atoms with Crippen molar-refractivity contribution in [3.05, 3.63) is 71.0 Å². The summed E-state index contributed by atoms with van der Waals surface area (Å²) in [5, 5.41) is 4.78. The summed E-state index contributed by atoms with van der Waals surface area (Å²) in [4.78, 5) is 32.0. The molecule has 3 rings (SSSR count). The maximum atomic E-state index is 12.1. The summed E-state index contributed by atoms with van der Waals surface area (Å²) in [5.41, 5.74) is 6.71. The van der Waals surface area contributed by atoms with Crippen molar-refractivity contribution < 1.29 is 14.3 Å². The highest BCUT2D eigenvalue weighted by Gasteiger charge is 2.12.